The van der Waals surface area contributed by atoms with Gasteiger partial charge in [-0.25, -0.2) is 4.79 Å². The fourth-order valence-electron chi connectivity index (χ4n) is 1.74. The first-order valence-electron chi connectivity index (χ1n) is 5.40. The zero-order valence-corrected chi connectivity index (χ0v) is 11.9. The van der Waals surface area contributed by atoms with Crippen molar-refractivity contribution in [1.29, 1.82) is 0 Å². The minimum atomic E-state index is -0.263. The molecular weight excluding hydrogens is 330 g/mol. The maximum Gasteiger partial charge on any atom is 0.323 e. The third kappa shape index (κ3) is 2.47. The summed E-state index contributed by atoms with van der Waals surface area (Å²) in [4.78, 5) is 29.0. The summed E-state index contributed by atoms with van der Waals surface area (Å²) in [6, 6.07) is 8.78. The number of hydrogen-bond donors (Lipinski definition) is 3. The van der Waals surface area contributed by atoms with Gasteiger partial charge in [0.1, 0.15) is 0 Å². The predicted octanol–water partition coefficient (Wildman–Crippen LogP) is 2.93. The van der Waals surface area contributed by atoms with Gasteiger partial charge in [-0.05, 0) is 46.3 Å². The van der Waals surface area contributed by atoms with Crippen molar-refractivity contribution in [2.45, 2.75) is 0 Å². The highest BCUT2D eigenvalue weighted by molar-refractivity contribution is 9.11. The first-order chi connectivity index (χ1) is 9.11. The van der Waals surface area contributed by atoms with Gasteiger partial charge in [0.05, 0.1) is 19.7 Å². The maximum absolute atomic E-state index is 12.0. The minimum absolute atomic E-state index is 0.173. The highest BCUT2D eigenvalue weighted by Gasteiger charge is 2.09. The van der Waals surface area contributed by atoms with Crippen LogP contribution in [0.2, 0.25) is 0 Å². The number of amides is 1. The van der Waals surface area contributed by atoms with Gasteiger partial charge in [0.25, 0.3) is 5.91 Å². The molecule has 0 unspecified atom stereocenters. The largest absolute Gasteiger partial charge is 0.323 e. The van der Waals surface area contributed by atoms with Gasteiger partial charge in [-0.1, -0.05) is 0 Å². The smallest absolute Gasteiger partial charge is 0.321 e. The molecule has 2 aromatic heterocycles. The molecule has 0 aliphatic rings. The van der Waals surface area contributed by atoms with Gasteiger partial charge in [0.15, 0.2) is 0 Å². The van der Waals surface area contributed by atoms with Crippen molar-refractivity contribution in [2.24, 2.45) is 0 Å². The third-order valence-electron chi connectivity index (χ3n) is 2.57. The van der Waals surface area contributed by atoms with Crippen LogP contribution in [-0.2, 0) is 0 Å². The second-order valence-electron chi connectivity index (χ2n) is 3.90. The molecule has 0 bridgehead atoms. The van der Waals surface area contributed by atoms with E-state index in [0.717, 1.165) is 3.79 Å². The van der Waals surface area contributed by atoms with Crippen molar-refractivity contribution in [3.05, 3.63) is 49.5 Å². The molecule has 5 nitrogen and oxygen atoms in total. The first-order valence-corrected chi connectivity index (χ1v) is 7.01. The highest BCUT2D eigenvalue weighted by atomic mass is 79.9. The Bertz CT molecular complexity index is 818. The Morgan fingerprint density at radius 1 is 1.16 bits per heavy atom. The number of anilines is 1. The molecule has 1 amide bonds. The van der Waals surface area contributed by atoms with Crippen molar-refractivity contribution in [3.8, 4) is 0 Å². The van der Waals surface area contributed by atoms with Gasteiger partial charge in [0.2, 0.25) is 0 Å². The Morgan fingerprint density at radius 3 is 2.68 bits per heavy atom. The van der Waals surface area contributed by atoms with Crippen LogP contribution < -0.4 is 11.0 Å². The first kappa shape index (κ1) is 12.2. The molecule has 96 valence electrons. The molecule has 0 aliphatic heterocycles. The second-order valence-corrected chi connectivity index (χ2v) is 6.36. The molecule has 0 radical (unpaired) electrons. The molecule has 0 atom stereocenters. The lowest BCUT2D eigenvalue weighted by molar-refractivity contribution is 0.103. The Balaban J connectivity index is 1.88. The molecule has 3 aromatic rings. The fourth-order valence-corrected chi connectivity index (χ4v) is 3.02. The lowest BCUT2D eigenvalue weighted by atomic mass is 10.2. The van der Waals surface area contributed by atoms with Crippen LogP contribution in [0.5, 0.6) is 0 Å². The average molecular weight is 338 g/mol. The fraction of sp³-hybridized carbons (Fsp3) is 0. The van der Waals surface area contributed by atoms with Crippen molar-refractivity contribution in [1.82, 2.24) is 9.97 Å². The molecule has 0 saturated heterocycles. The summed E-state index contributed by atoms with van der Waals surface area (Å²) in [7, 11) is 0. The van der Waals surface area contributed by atoms with Crippen molar-refractivity contribution in [2.75, 3.05) is 5.32 Å². The summed E-state index contributed by atoms with van der Waals surface area (Å²) in [6.45, 7) is 0. The number of carbonyl (C=O) groups excluding carboxylic acids is 1. The molecule has 3 rings (SSSR count). The van der Waals surface area contributed by atoms with Crippen LogP contribution >= 0.6 is 27.3 Å². The predicted molar refractivity (Wildman–Crippen MR) is 78.9 cm³/mol. The zero-order valence-electron chi connectivity index (χ0n) is 9.49. The van der Waals surface area contributed by atoms with Crippen LogP contribution in [0.15, 0.2) is 38.9 Å². The van der Waals surface area contributed by atoms with Gasteiger partial charge in [-0.2, -0.15) is 0 Å². The van der Waals surface area contributed by atoms with Crippen molar-refractivity contribution in [3.63, 3.8) is 0 Å². The Morgan fingerprint density at radius 2 is 1.95 bits per heavy atom. The van der Waals surface area contributed by atoms with Gasteiger partial charge >= 0.3 is 5.69 Å². The maximum atomic E-state index is 12.0. The number of hydrogen-bond acceptors (Lipinski definition) is 3. The summed E-state index contributed by atoms with van der Waals surface area (Å²) in [5, 5.41) is 2.79. The average Bonchev–Trinajstić information content (AvgIpc) is 2.93. The number of benzene rings is 1. The summed E-state index contributed by atoms with van der Waals surface area (Å²) < 4.78 is 0.906. The molecule has 0 saturated carbocycles. The zero-order chi connectivity index (χ0) is 13.4. The van der Waals surface area contributed by atoms with Crippen LogP contribution in [0.3, 0.4) is 0 Å². The normalized spacial score (nSPS) is 10.8. The number of carbonyl (C=O) groups is 1. The van der Waals surface area contributed by atoms with E-state index in [1.165, 1.54) is 11.3 Å². The molecule has 19 heavy (non-hydrogen) atoms. The molecule has 0 spiro atoms. The van der Waals surface area contributed by atoms with E-state index in [9.17, 15) is 9.59 Å². The quantitative estimate of drug-likeness (QED) is 0.672. The number of imidazole rings is 1. The van der Waals surface area contributed by atoms with Crippen molar-refractivity contribution < 1.29 is 4.79 Å². The van der Waals surface area contributed by atoms with E-state index in [2.05, 4.69) is 31.2 Å². The van der Waals surface area contributed by atoms with E-state index in [0.29, 0.717) is 21.6 Å². The number of thiophene rings is 1. The Labute approximate surface area is 119 Å². The van der Waals surface area contributed by atoms with Crippen LogP contribution in [0.25, 0.3) is 11.0 Å². The lowest BCUT2D eigenvalue weighted by Crippen LogP contribution is -2.09. The van der Waals surface area contributed by atoms with Crippen LogP contribution in [0, 0.1) is 0 Å². The van der Waals surface area contributed by atoms with Gasteiger partial charge in [-0.3, -0.25) is 4.79 Å². The minimum Gasteiger partial charge on any atom is -0.321 e. The summed E-state index contributed by atoms with van der Waals surface area (Å²) in [5.41, 5.74) is 1.75. The topological polar surface area (TPSA) is 77.8 Å². The van der Waals surface area contributed by atoms with Crippen LogP contribution in [0.1, 0.15) is 9.67 Å². The van der Waals surface area contributed by atoms with E-state index < -0.39 is 0 Å². The summed E-state index contributed by atoms with van der Waals surface area (Å²) >= 11 is 4.68. The molecule has 0 fully saturated rings. The summed E-state index contributed by atoms with van der Waals surface area (Å²) in [6.07, 6.45) is 0. The number of aromatic amines is 2. The lowest BCUT2D eigenvalue weighted by Gasteiger charge is -2.03. The summed E-state index contributed by atoms with van der Waals surface area (Å²) in [5.74, 6) is -0.173. The molecular formula is C12H8BrN3O2S. The number of nitrogens with one attached hydrogen (secondary N) is 3. The van der Waals surface area contributed by atoms with Crippen molar-refractivity contribution >= 4 is 49.9 Å². The molecule has 3 N–H and O–H groups in total. The number of rotatable bonds is 2. The number of aromatic nitrogens is 2. The van der Waals surface area contributed by atoms with Crippen LogP contribution in [0.4, 0.5) is 5.69 Å². The number of fused-ring (bicyclic) bond motifs is 1. The molecule has 2 heterocycles. The van der Waals surface area contributed by atoms with Crippen LogP contribution in [-0.4, -0.2) is 15.9 Å². The van der Waals surface area contributed by atoms with Gasteiger partial charge < -0.3 is 15.3 Å². The van der Waals surface area contributed by atoms with E-state index in [-0.39, 0.29) is 11.6 Å². The van der Waals surface area contributed by atoms with E-state index >= 15 is 0 Å². The van der Waals surface area contributed by atoms with E-state index in [1.54, 1.807) is 24.3 Å². The number of halogens is 1. The monoisotopic (exact) mass is 337 g/mol. The van der Waals surface area contributed by atoms with Gasteiger partial charge in [0, 0.05) is 5.69 Å². The van der Waals surface area contributed by atoms with Gasteiger partial charge in [-0.15, -0.1) is 11.3 Å². The second kappa shape index (κ2) is 4.67. The standard InChI is InChI=1S/C12H8BrN3O2S/c13-10-4-3-9(19-10)11(17)14-6-1-2-7-8(5-6)16-12(18)15-7/h1-5H,(H,14,17)(H2,15,16,18). The Kier molecular flexibility index (Phi) is 3.00. The Hall–Kier alpha value is -1.86. The SMILES string of the molecule is O=C(Nc1ccc2[nH]c(=O)[nH]c2c1)c1ccc(Br)s1. The third-order valence-corrected chi connectivity index (χ3v) is 4.19. The highest BCUT2D eigenvalue weighted by Crippen LogP contribution is 2.23. The molecule has 7 heteroatoms. The van der Waals surface area contributed by atoms with E-state index in [1.807, 2.05) is 6.07 Å². The number of H-pyrrole nitrogens is 2. The van der Waals surface area contributed by atoms with E-state index in [4.69, 9.17) is 0 Å². The molecule has 0 aliphatic carbocycles. The molecule has 1 aromatic carbocycles.